The topological polar surface area (TPSA) is 88.7 Å². The number of nitrogens with zero attached hydrogens (tertiary/aromatic N) is 5. The number of nitriles is 1. The van der Waals surface area contributed by atoms with Crippen molar-refractivity contribution in [3.8, 4) is 11.9 Å². The standard InChI is InChI=1S/C20H27ClN6O/c1-13-5-7-15(8-6-13)11-28-18-16(21)9-23-19(25-18)24-17-10-27(26-14(17)2)20(3,4)12-22/h9-10,13,15H,5-8,11H2,1-4H3,(H,23,24,25). The van der Waals surface area contributed by atoms with Crippen LogP contribution in [-0.4, -0.2) is 26.4 Å². The lowest BCUT2D eigenvalue weighted by Crippen LogP contribution is -2.24. The summed E-state index contributed by atoms with van der Waals surface area (Å²) in [6.45, 7) is 8.40. The Bertz CT molecular complexity index is 864. The van der Waals surface area contributed by atoms with Crippen LogP contribution in [0.4, 0.5) is 11.6 Å². The zero-order valence-corrected chi connectivity index (χ0v) is 17.6. The molecule has 0 amide bonds. The molecule has 0 saturated heterocycles. The van der Waals surface area contributed by atoms with Crippen LogP contribution in [0, 0.1) is 30.1 Å². The molecule has 2 aromatic rings. The molecule has 1 fully saturated rings. The van der Waals surface area contributed by atoms with Gasteiger partial charge in [-0.2, -0.15) is 15.3 Å². The maximum atomic E-state index is 9.30. The number of hydrogen-bond donors (Lipinski definition) is 1. The van der Waals surface area contributed by atoms with Crippen LogP contribution in [-0.2, 0) is 5.54 Å². The molecule has 1 N–H and O–H groups in total. The van der Waals surface area contributed by atoms with Gasteiger partial charge in [-0.3, -0.25) is 4.68 Å². The molecule has 7 nitrogen and oxygen atoms in total. The Labute approximate surface area is 171 Å². The fraction of sp³-hybridized carbons (Fsp3) is 0.600. The van der Waals surface area contributed by atoms with Crippen LogP contribution in [0.3, 0.4) is 0 Å². The van der Waals surface area contributed by atoms with Gasteiger partial charge in [0, 0.05) is 0 Å². The van der Waals surface area contributed by atoms with Crippen LogP contribution >= 0.6 is 11.6 Å². The van der Waals surface area contributed by atoms with E-state index in [1.807, 2.05) is 6.92 Å². The van der Waals surface area contributed by atoms with E-state index in [1.165, 1.54) is 31.9 Å². The van der Waals surface area contributed by atoms with Gasteiger partial charge in [0.25, 0.3) is 0 Å². The quantitative estimate of drug-likeness (QED) is 0.743. The summed E-state index contributed by atoms with van der Waals surface area (Å²) in [7, 11) is 0. The third kappa shape index (κ3) is 4.74. The summed E-state index contributed by atoms with van der Waals surface area (Å²) in [4.78, 5) is 8.66. The molecule has 28 heavy (non-hydrogen) atoms. The van der Waals surface area contributed by atoms with Crippen LogP contribution in [0.1, 0.15) is 52.1 Å². The zero-order chi connectivity index (χ0) is 20.3. The fourth-order valence-corrected chi connectivity index (χ4v) is 3.39. The fourth-order valence-electron chi connectivity index (χ4n) is 3.25. The summed E-state index contributed by atoms with van der Waals surface area (Å²) < 4.78 is 7.54. The minimum absolute atomic E-state index is 0.383. The minimum atomic E-state index is -0.739. The van der Waals surface area contributed by atoms with E-state index in [0.29, 0.717) is 29.4 Å². The van der Waals surface area contributed by atoms with Crippen LogP contribution in [0.5, 0.6) is 5.88 Å². The van der Waals surface area contributed by atoms with Gasteiger partial charge in [-0.05, 0) is 45.4 Å². The number of aromatic nitrogens is 4. The predicted octanol–water partition coefficient (Wildman–Crippen LogP) is 4.84. The van der Waals surface area contributed by atoms with E-state index in [9.17, 15) is 5.26 Å². The van der Waals surface area contributed by atoms with Crippen molar-refractivity contribution in [2.24, 2.45) is 11.8 Å². The molecular formula is C20H27ClN6O. The molecule has 3 rings (SSSR count). The summed E-state index contributed by atoms with van der Waals surface area (Å²) in [6, 6.07) is 2.23. The zero-order valence-electron chi connectivity index (χ0n) is 16.9. The van der Waals surface area contributed by atoms with Crippen molar-refractivity contribution in [2.45, 2.75) is 58.9 Å². The van der Waals surface area contributed by atoms with Crippen LogP contribution in [0.15, 0.2) is 12.4 Å². The highest BCUT2D eigenvalue weighted by Crippen LogP contribution is 2.30. The van der Waals surface area contributed by atoms with Crippen molar-refractivity contribution in [1.29, 1.82) is 5.26 Å². The van der Waals surface area contributed by atoms with E-state index in [4.69, 9.17) is 16.3 Å². The average molecular weight is 403 g/mol. The summed E-state index contributed by atoms with van der Waals surface area (Å²) in [5, 5.41) is 17.3. The molecule has 150 valence electrons. The highest BCUT2D eigenvalue weighted by Gasteiger charge is 2.22. The van der Waals surface area contributed by atoms with Crippen LogP contribution in [0.2, 0.25) is 5.02 Å². The van der Waals surface area contributed by atoms with Gasteiger partial charge in [-0.15, -0.1) is 0 Å². The Hall–Kier alpha value is -2.33. The Morgan fingerprint density at radius 1 is 1.36 bits per heavy atom. The van der Waals surface area contributed by atoms with E-state index in [2.05, 4.69) is 33.4 Å². The summed E-state index contributed by atoms with van der Waals surface area (Å²) >= 11 is 6.22. The molecule has 8 heteroatoms. The van der Waals surface area contributed by atoms with Crippen molar-refractivity contribution in [2.75, 3.05) is 11.9 Å². The Morgan fingerprint density at radius 2 is 2.07 bits per heavy atom. The molecule has 0 spiro atoms. The minimum Gasteiger partial charge on any atom is -0.476 e. The third-order valence-corrected chi connectivity index (χ3v) is 5.55. The molecule has 0 unspecified atom stereocenters. The molecule has 0 radical (unpaired) electrons. The lowest BCUT2D eigenvalue weighted by molar-refractivity contribution is 0.183. The van der Waals surface area contributed by atoms with Gasteiger partial charge < -0.3 is 10.1 Å². The number of halogens is 1. The largest absolute Gasteiger partial charge is 0.476 e. The Morgan fingerprint density at radius 3 is 2.75 bits per heavy atom. The summed E-state index contributed by atoms with van der Waals surface area (Å²) in [5.41, 5.74) is 0.746. The molecule has 0 aliphatic heterocycles. The van der Waals surface area contributed by atoms with Crippen molar-refractivity contribution >= 4 is 23.2 Å². The third-order valence-electron chi connectivity index (χ3n) is 5.29. The molecule has 1 aliphatic rings. The number of ether oxygens (including phenoxy) is 1. The molecule has 0 atom stereocenters. The first-order chi connectivity index (χ1) is 13.3. The highest BCUT2D eigenvalue weighted by atomic mass is 35.5. The van der Waals surface area contributed by atoms with Crippen molar-refractivity contribution in [1.82, 2.24) is 19.7 Å². The number of nitrogens with one attached hydrogen (secondary N) is 1. The van der Waals surface area contributed by atoms with Gasteiger partial charge in [-0.1, -0.05) is 31.4 Å². The van der Waals surface area contributed by atoms with Crippen molar-refractivity contribution in [3.05, 3.63) is 23.1 Å². The lowest BCUT2D eigenvalue weighted by Gasteiger charge is -2.25. The first-order valence-corrected chi connectivity index (χ1v) is 10.1. The number of rotatable bonds is 6. The molecular weight excluding hydrogens is 376 g/mol. The van der Waals surface area contributed by atoms with Gasteiger partial charge in [-0.25, -0.2) is 4.98 Å². The van der Waals surface area contributed by atoms with E-state index in [0.717, 1.165) is 17.3 Å². The Kier molecular flexibility index (Phi) is 6.09. The van der Waals surface area contributed by atoms with Crippen molar-refractivity contribution in [3.63, 3.8) is 0 Å². The van der Waals surface area contributed by atoms with E-state index >= 15 is 0 Å². The predicted molar refractivity (Wildman–Crippen MR) is 109 cm³/mol. The van der Waals surface area contributed by atoms with Crippen LogP contribution in [0.25, 0.3) is 0 Å². The van der Waals surface area contributed by atoms with Gasteiger partial charge in [0.05, 0.1) is 36.5 Å². The second-order valence-corrected chi connectivity index (χ2v) is 8.56. The first kappa shape index (κ1) is 20.4. The molecule has 2 heterocycles. The Balaban J connectivity index is 1.69. The highest BCUT2D eigenvalue weighted by molar-refractivity contribution is 6.31. The summed E-state index contributed by atoms with van der Waals surface area (Å²) in [5.74, 6) is 2.13. The van der Waals surface area contributed by atoms with Crippen LogP contribution < -0.4 is 10.1 Å². The van der Waals surface area contributed by atoms with Gasteiger partial charge >= 0.3 is 0 Å². The molecule has 1 aliphatic carbocycles. The molecule has 2 aromatic heterocycles. The average Bonchev–Trinajstić information content (AvgIpc) is 3.05. The number of anilines is 2. The van der Waals surface area contributed by atoms with E-state index in [1.54, 1.807) is 24.7 Å². The number of aryl methyl sites for hydroxylation is 1. The second-order valence-electron chi connectivity index (χ2n) is 8.15. The normalized spacial score (nSPS) is 19.9. The first-order valence-electron chi connectivity index (χ1n) is 9.69. The van der Waals surface area contributed by atoms with Gasteiger partial charge in [0.2, 0.25) is 11.8 Å². The second kappa shape index (κ2) is 8.36. The van der Waals surface area contributed by atoms with E-state index in [-0.39, 0.29) is 0 Å². The van der Waals surface area contributed by atoms with Crippen molar-refractivity contribution < 1.29 is 4.74 Å². The lowest BCUT2D eigenvalue weighted by atomic mass is 9.83. The van der Waals surface area contributed by atoms with Gasteiger partial charge in [0.15, 0.2) is 0 Å². The molecule has 1 saturated carbocycles. The maximum Gasteiger partial charge on any atom is 0.237 e. The molecule has 0 bridgehead atoms. The smallest absolute Gasteiger partial charge is 0.237 e. The molecule has 0 aromatic carbocycles. The maximum absolute atomic E-state index is 9.30. The van der Waals surface area contributed by atoms with E-state index < -0.39 is 5.54 Å². The number of hydrogen-bond acceptors (Lipinski definition) is 6. The SMILES string of the molecule is Cc1nn(C(C)(C)C#N)cc1Nc1ncc(Cl)c(OCC2CCC(C)CC2)n1. The summed E-state index contributed by atoms with van der Waals surface area (Å²) in [6.07, 6.45) is 8.18. The van der Waals surface area contributed by atoms with Gasteiger partial charge in [0.1, 0.15) is 10.6 Å². The monoisotopic (exact) mass is 402 g/mol.